The van der Waals surface area contributed by atoms with Crippen LogP contribution in [0.5, 0.6) is 0 Å². The number of rotatable bonds is 4. The van der Waals surface area contributed by atoms with E-state index in [2.05, 4.69) is 20.2 Å². The highest BCUT2D eigenvalue weighted by molar-refractivity contribution is 5.90. The fraction of sp³-hybridized carbons (Fsp3) is 0.385. The van der Waals surface area contributed by atoms with Crippen LogP contribution in [0.15, 0.2) is 18.2 Å². The van der Waals surface area contributed by atoms with Crippen LogP contribution in [0, 0.1) is 6.92 Å². The van der Waals surface area contributed by atoms with E-state index < -0.39 is 0 Å². The maximum absolute atomic E-state index is 12.1. The molecule has 19 heavy (non-hydrogen) atoms. The van der Waals surface area contributed by atoms with Crippen LogP contribution in [0.25, 0.3) is 0 Å². The van der Waals surface area contributed by atoms with Gasteiger partial charge >= 0.3 is 0 Å². The number of H-pyrrole nitrogens is 1. The molecule has 100 valence electrons. The van der Waals surface area contributed by atoms with Crippen molar-refractivity contribution in [3.8, 4) is 0 Å². The quantitative estimate of drug-likeness (QED) is 0.899. The number of carbonyl (C=O) groups excluding carboxylic acids is 1. The lowest BCUT2D eigenvalue weighted by Gasteiger charge is -2.14. The summed E-state index contributed by atoms with van der Waals surface area (Å²) in [5, 5.41) is 6.66. The predicted octanol–water partition coefficient (Wildman–Crippen LogP) is 1.34. The Kier molecular flexibility index (Phi) is 3.89. The van der Waals surface area contributed by atoms with Gasteiger partial charge in [-0.15, -0.1) is 5.10 Å². The lowest BCUT2D eigenvalue weighted by atomic mass is 10.3. The molecule has 0 atom stereocenters. The van der Waals surface area contributed by atoms with Gasteiger partial charge in [-0.1, -0.05) is 13.0 Å². The van der Waals surface area contributed by atoms with Gasteiger partial charge in [-0.3, -0.25) is 14.9 Å². The summed E-state index contributed by atoms with van der Waals surface area (Å²) >= 11 is 0. The second-order valence-corrected chi connectivity index (χ2v) is 4.39. The molecule has 2 heterocycles. The van der Waals surface area contributed by atoms with Crippen LogP contribution in [0.1, 0.15) is 34.8 Å². The van der Waals surface area contributed by atoms with Gasteiger partial charge in [0, 0.05) is 19.2 Å². The van der Waals surface area contributed by atoms with E-state index in [9.17, 15) is 4.79 Å². The summed E-state index contributed by atoms with van der Waals surface area (Å²) in [6.45, 7) is 4.32. The van der Waals surface area contributed by atoms with Gasteiger partial charge in [0.2, 0.25) is 5.82 Å². The topological polar surface area (TPSA) is 74.8 Å². The summed E-state index contributed by atoms with van der Waals surface area (Å²) in [5.74, 6) is 0.705. The van der Waals surface area contributed by atoms with Crippen LogP contribution in [-0.4, -0.2) is 38.0 Å². The van der Waals surface area contributed by atoms with E-state index in [0.717, 1.165) is 17.8 Å². The summed E-state index contributed by atoms with van der Waals surface area (Å²) in [6, 6.07) is 5.75. The molecule has 2 rings (SSSR count). The summed E-state index contributed by atoms with van der Waals surface area (Å²) in [4.78, 5) is 22.2. The van der Waals surface area contributed by atoms with Gasteiger partial charge in [0.25, 0.3) is 5.91 Å². The van der Waals surface area contributed by atoms with Gasteiger partial charge in [0.05, 0.1) is 12.2 Å². The standard InChI is InChI=1S/C13H17N5O/c1-4-11-15-12(17-16-11)13(19)18(3)8-10-7-5-6-9(2)14-10/h5-7H,4,8H2,1-3H3,(H,15,16,17). The highest BCUT2D eigenvalue weighted by Crippen LogP contribution is 2.05. The maximum Gasteiger partial charge on any atom is 0.293 e. The third-order valence-corrected chi connectivity index (χ3v) is 2.75. The number of pyridine rings is 1. The molecular formula is C13H17N5O. The van der Waals surface area contributed by atoms with E-state index in [0.29, 0.717) is 12.4 Å². The SMILES string of the molecule is CCc1nc(C(=O)N(C)Cc2cccc(C)n2)n[nH]1. The van der Waals surface area contributed by atoms with Crippen LogP contribution >= 0.6 is 0 Å². The van der Waals surface area contributed by atoms with Gasteiger partial charge in [0.15, 0.2) is 0 Å². The number of nitrogens with one attached hydrogen (secondary N) is 1. The predicted molar refractivity (Wildman–Crippen MR) is 70.5 cm³/mol. The minimum atomic E-state index is -0.209. The molecule has 1 N–H and O–H groups in total. The van der Waals surface area contributed by atoms with Crippen molar-refractivity contribution in [2.75, 3.05) is 7.05 Å². The molecule has 6 heteroatoms. The lowest BCUT2D eigenvalue weighted by Crippen LogP contribution is -2.27. The molecule has 0 aliphatic carbocycles. The molecule has 0 aromatic carbocycles. The Bertz CT molecular complexity index is 578. The second-order valence-electron chi connectivity index (χ2n) is 4.39. The first-order valence-corrected chi connectivity index (χ1v) is 6.19. The average Bonchev–Trinajstić information content (AvgIpc) is 2.86. The Labute approximate surface area is 111 Å². The molecule has 0 aliphatic rings. The van der Waals surface area contributed by atoms with E-state index in [1.54, 1.807) is 11.9 Å². The van der Waals surface area contributed by atoms with Crippen molar-refractivity contribution in [2.24, 2.45) is 0 Å². The number of aromatic nitrogens is 4. The molecule has 0 saturated heterocycles. The molecule has 2 aromatic heterocycles. The van der Waals surface area contributed by atoms with Crippen molar-refractivity contribution < 1.29 is 4.79 Å². The van der Waals surface area contributed by atoms with Crippen LogP contribution in [0.4, 0.5) is 0 Å². The molecule has 0 spiro atoms. The molecular weight excluding hydrogens is 242 g/mol. The Balaban J connectivity index is 2.07. The zero-order chi connectivity index (χ0) is 13.8. The minimum Gasteiger partial charge on any atom is -0.333 e. The number of aromatic amines is 1. The van der Waals surface area contributed by atoms with E-state index in [1.165, 1.54) is 0 Å². The normalized spacial score (nSPS) is 10.5. The molecule has 2 aromatic rings. The number of aryl methyl sites for hydroxylation is 2. The lowest BCUT2D eigenvalue weighted by molar-refractivity contribution is 0.0771. The summed E-state index contributed by atoms with van der Waals surface area (Å²) < 4.78 is 0. The number of carbonyl (C=O) groups is 1. The number of hydrogen-bond donors (Lipinski definition) is 1. The van der Waals surface area contributed by atoms with Crippen molar-refractivity contribution >= 4 is 5.91 Å². The van der Waals surface area contributed by atoms with Gasteiger partial charge in [-0.05, 0) is 19.1 Å². The molecule has 6 nitrogen and oxygen atoms in total. The van der Waals surface area contributed by atoms with Crippen molar-refractivity contribution in [3.63, 3.8) is 0 Å². The Morgan fingerprint density at radius 2 is 2.16 bits per heavy atom. The molecule has 0 radical (unpaired) electrons. The molecule has 0 saturated carbocycles. The van der Waals surface area contributed by atoms with Crippen molar-refractivity contribution in [3.05, 3.63) is 41.2 Å². The zero-order valence-corrected chi connectivity index (χ0v) is 11.3. The first kappa shape index (κ1) is 13.2. The van der Waals surface area contributed by atoms with Crippen LogP contribution in [-0.2, 0) is 13.0 Å². The molecule has 0 fully saturated rings. The first-order chi connectivity index (χ1) is 9.10. The fourth-order valence-corrected chi connectivity index (χ4v) is 1.72. The highest BCUT2D eigenvalue weighted by atomic mass is 16.2. The largest absolute Gasteiger partial charge is 0.333 e. The Morgan fingerprint density at radius 3 is 2.79 bits per heavy atom. The molecule has 0 bridgehead atoms. The van der Waals surface area contributed by atoms with Gasteiger partial charge in [0.1, 0.15) is 5.82 Å². The van der Waals surface area contributed by atoms with E-state index in [1.807, 2.05) is 32.0 Å². The third kappa shape index (κ3) is 3.15. The summed E-state index contributed by atoms with van der Waals surface area (Å²) in [5.41, 5.74) is 1.78. The first-order valence-electron chi connectivity index (χ1n) is 6.19. The fourth-order valence-electron chi connectivity index (χ4n) is 1.72. The van der Waals surface area contributed by atoms with Gasteiger partial charge in [-0.25, -0.2) is 4.98 Å². The van der Waals surface area contributed by atoms with E-state index in [4.69, 9.17) is 0 Å². The zero-order valence-electron chi connectivity index (χ0n) is 11.3. The smallest absolute Gasteiger partial charge is 0.293 e. The number of nitrogens with zero attached hydrogens (tertiary/aromatic N) is 4. The summed E-state index contributed by atoms with van der Waals surface area (Å²) in [7, 11) is 1.72. The van der Waals surface area contributed by atoms with Gasteiger partial charge in [-0.2, -0.15) is 0 Å². The number of amides is 1. The molecule has 1 amide bonds. The van der Waals surface area contributed by atoms with E-state index in [-0.39, 0.29) is 11.7 Å². The maximum atomic E-state index is 12.1. The third-order valence-electron chi connectivity index (χ3n) is 2.75. The van der Waals surface area contributed by atoms with Crippen molar-refractivity contribution in [1.29, 1.82) is 0 Å². The average molecular weight is 259 g/mol. The van der Waals surface area contributed by atoms with Crippen LogP contribution < -0.4 is 0 Å². The van der Waals surface area contributed by atoms with Crippen LogP contribution in [0.2, 0.25) is 0 Å². The minimum absolute atomic E-state index is 0.201. The summed E-state index contributed by atoms with van der Waals surface area (Å²) in [6.07, 6.45) is 0.726. The van der Waals surface area contributed by atoms with Crippen LogP contribution in [0.3, 0.4) is 0 Å². The monoisotopic (exact) mass is 259 g/mol. The van der Waals surface area contributed by atoms with Crippen molar-refractivity contribution in [2.45, 2.75) is 26.8 Å². The van der Waals surface area contributed by atoms with E-state index >= 15 is 0 Å². The highest BCUT2D eigenvalue weighted by Gasteiger charge is 2.17. The Morgan fingerprint density at radius 1 is 1.37 bits per heavy atom. The van der Waals surface area contributed by atoms with Crippen molar-refractivity contribution in [1.82, 2.24) is 25.1 Å². The van der Waals surface area contributed by atoms with Gasteiger partial charge < -0.3 is 4.90 Å². The molecule has 0 aliphatic heterocycles. The molecule has 0 unspecified atom stereocenters. The second kappa shape index (κ2) is 5.60. The Hall–Kier alpha value is -2.24. The number of hydrogen-bond acceptors (Lipinski definition) is 4.